The molecule has 18 heteroatoms. The van der Waals surface area contributed by atoms with Gasteiger partial charge in [-0.15, -0.1) is 0 Å². The molecule has 0 aromatic heterocycles. The van der Waals surface area contributed by atoms with Crippen LogP contribution in [0.4, 0.5) is 74.6 Å². The molecule has 0 N–H and O–H groups in total. The van der Waals surface area contributed by atoms with Crippen molar-refractivity contribution in [1.82, 2.24) is 0 Å². The third-order valence-electron chi connectivity index (χ3n) is 9.15. The van der Waals surface area contributed by atoms with Crippen LogP contribution in [0, 0.1) is 17.8 Å². The van der Waals surface area contributed by atoms with E-state index in [2.05, 4.69) is 6.92 Å². The Morgan fingerprint density at radius 2 is 0.848 bits per heavy atom. The summed E-state index contributed by atoms with van der Waals surface area (Å²) in [6.45, 7) is 2.16. The molecule has 2 saturated carbocycles. The second kappa shape index (κ2) is 12.0. The molecule has 0 spiro atoms. The number of rotatable bonds is 10. The van der Waals surface area contributed by atoms with Gasteiger partial charge >= 0.3 is 47.6 Å². The normalized spacial score (nSPS) is 25.0. The van der Waals surface area contributed by atoms with E-state index >= 15 is 0 Å². The van der Waals surface area contributed by atoms with Gasteiger partial charge in [-0.25, -0.2) is 0 Å². The van der Waals surface area contributed by atoms with Crippen molar-refractivity contribution < 1.29 is 79.4 Å². The molecule has 0 radical (unpaired) electrons. The fourth-order valence-electron chi connectivity index (χ4n) is 6.08. The Kier molecular flexibility index (Phi) is 9.94. The lowest BCUT2D eigenvalue weighted by atomic mass is 9.68. The molecule has 46 heavy (non-hydrogen) atoms. The number of hydrogen-bond donors (Lipinski definition) is 0. The Balaban J connectivity index is 1.82. The van der Waals surface area contributed by atoms with E-state index in [1.807, 2.05) is 0 Å². The third kappa shape index (κ3) is 5.85. The van der Waals surface area contributed by atoms with Crippen molar-refractivity contribution in [3.63, 3.8) is 0 Å². The summed E-state index contributed by atoms with van der Waals surface area (Å²) in [4.78, 5) is 12.1. The minimum Gasteiger partial charge on any atom is -0.287 e. The number of ketones is 1. The molecule has 0 unspecified atom stereocenters. The number of hydrogen-bond acceptors (Lipinski definition) is 1. The zero-order chi connectivity index (χ0) is 35.5. The first kappa shape index (κ1) is 38.2. The van der Waals surface area contributed by atoms with Crippen molar-refractivity contribution in [2.45, 2.75) is 112 Å². The fourth-order valence-corrected chi connectivity index (χ4v) is 6.08. The van der Waals surface area contributed by atoms with Gasteiger partial charge < -0.3 is 0 Å². The molecule has 0 bridgehead atoms. The molecular formula is C28H27F17O. The maximum Gasteiger partial charge on any atom is 0.460 e. The fraction of sp³-hybridized carbons (Fsp3) is 0.750. The number of carbonyl (C=O) groups is 1. The number of carbonyl (C=O) groups excluding carboxylic acids is 1. The van der Waals surface area contributed by atoms with Crippen LogP contribution in [0.2, 0.25) is 0 Å². The Hall–Kier alpha value is -2.30. The molecule has 264 valence electrons. The Morgan fingerprint density at radius 1 is 0.500 bits per heavy atom. The monoisotopic (exact) mass is 702 g/mol. The van der Waals surface area contributed by atoms with Gasteiger partial charge in [-0.05, 0) is 67.8 Å². The molecular weight excluding hydrogens is 675 g/mol. The van der Waals surface area contributed by atoms with Gasteiger partial charge in [0, 0.05) is 5.56 Å². The van der Waals surface area contributed by atoms with E-state index in [-0.39, 0.29) is 5.92 Å². The summed E-state index contributed by atoms with van der Waals surface area (Å²) < 4.78 is 230. The quantitative estimate of drug-likeness (QED) is 0.175. The Morgan fingerprint density at radius 3 is 1.24 bits per heavy atom. The van der Waals surface area contributed by atoms with E-state index in [1.54, 1.807) is 0 Å². The van der Waals surface area contributed by atoms with Gasteiger partial charge in [0.15, 0.2) is 0 Å². The van der Waals surface area contributed by atoms with Crippen molar-refractivity contribution in [3.8, 4) is 0 Å². The summed E-state index contributed by atoms with van der Waals surface area (Å²) in [6, 6.07) is 2.77. The van der Waals surface area contributed by atoms with Gasteiger partial charge in [0.25, 0.3) is 0 Å². The molecule has 0 saturated heterocycles. The molecule has 0 heterocycles. The highest BCUT2D eigenvalue weighted by Crippen LogP contribution is 2.64. The minimum absolute atomic E-state index is 0.202. The summed E-state index contributed by atoms with van der Waals surface area (Å²) in [7, 11) is 0. The topological polar surface area (TPSA) is 17.1 Å². The molecule has 0 atom stereocenters. The van der Waals surface area contributed by atoms with Crippen LogP contribution in [-0.2, 0) is 0 Å². The highest BCUT2D eigenvalue weighted by molar-refractivity contribution is 6.02. The van der Waals surface area contributed by atoms with Crippen molar-refractivity contribution in [2.75, 3.05) is 0 Å². The van der Waals surface area contributed by atoms with Crippen LogP contribution in [0.5, 0.6) is 0 Å². The van der Waals surface area contributed by atoms with Crippen LogP contribution >= 0.6 is 0 Å². The molecule has 0 aliphatic heterocycles. The average Bonchev–Trinajstić information content (AvgIpc) is 2.96. The van der Waals surface area contributed by atoms with Crippen LogP contribution in [0.25, 0.3) is 0 Å². The average molecular weight is 702 g/mol. The largest absolute Gasteiger partial charge is 0.460 e. The Bertz CT molecular complexity index is 1220. The highest BCUT2D eigenvalue weighted by Gasteiger charge is 2.95. The summed E-state index contributed by atoms with van der Waals surface area (Å²) in [6.07, 6.45) is -0.723. The third-order valence-corrected chi connectivity index (χ3v) is 9.15. The predicted molar refractivity (Wildman–Crippen MR) is 127 cm³/mol. The summed E-state index contributed by atoms with van der Waals surface area (Å²) in [5.41, 5.74) is -1.15. The van der Waals surface area contributed by atoms with Gasteiger partial charge in [-0.1, -0.05) is 44.0 Å². The standard InChI is InChI=1S/C28H27F17O/c1-14-2-4-15(5-3-14)16-6-8-17(9-7-16)18-10-12-19(13-11-18)20(46)21(29,30)22(31,32)23(33,34)24(35,36)25(37,38)26(39,40)27(41,42)28(43,44)45/h10-17H,2-9H2,1H3/t14-,15-,16-,17-. The smallest absolute Gasteiger partial charge is 0.287 e. The zero-order valence-electron chi connectivity index (χ0n) is 23.6. The maximum absolute atomic E-state index is 14.4. The summed E-state index contributed by atoms with van der Waals surface area (Å²) in [5, 5.41) is 0. The van der Waals surface area contributed by atoms with Crippen molar-refractivity contribution >= 4 is 5.78 Å². The zero-order valence-corrected chi connectivity index (χ0v) is 23.6. The maximum atomic E-state index is 14.4. The first-order chi connectivity index (χ1) is 20.6. The number of halogens is 17. The number of Topliss-reactive ketones (excluding diaryl/α,β-unsaturated/α-hetero) is 1. The van der Waals surface area contributed by atoms with Crippen LogP contribution in [0.3, 0.4) is 0 Å². The lowest BCUT2D eigenvalue weighted by Crippen LogP contribution is -2.75. The van der Waals surface area contributed by atoms with E-state index in [0.717, 1.165) is 50.7 Å². The second-order valence-electron chi connectivity index (χ2n) is 12.1. The first-order valence-corrected chi connectivity index (χ1v) is 14.0. The molecule has 2 fully saturated rings. The van der Waals surface area contributed by atoms with E-state index in [4.69, 9.17) is 0 Å². The molecule has 2 aliphatic rings. The van der Waals surface area contributed by atoms with Gasteiger partial charge in [-0.2, -0.15) is 74.6 Å². The van der Waals surface area contributed by atoms with Crippen molar-refractivity contribution in [1.29, 1.82) is 0 Å². The van der Waals surface area contributed by atoms with Crippen LogP contribution in [0.15, 0.2) is 24.3 Å². The summed E-state index contributed by atoms with van der Waals surface area (Å²) in [5.74, 6) is -59.9. The van der Waals surface area contributed by atoms with E-state index in [0.29, 0.717) is 48.3 Å². The van der Waals surface area contributed by atoms with Crippen molar-refractivity contribution in [2.24, 2.45) is 17.8 Å². The lowest BCUT2D eigenvalue weighted by molar-refractivity contribution is -0.459. The van der Waals surface area contributed by atoms with Crippen LogP contribution in [-0.4, -0.2) is 53.4 Å². The summed E-state index contributed by atoms with van der Waals surface area (Å²) >= 11 is 0. The molecule has 1 aromatic rings. The van der Waals surface area contributed by atoms with Crippen molar-refractivity contribution in [3.05, 3.63) is 35.4 Å². The van der Waals surface area contributed by atoms with Crippen LogP contribution in [0.1, 0.15) is 80.1 Å². The van der Waals surface area contributed by atoms with E-state index in [9.17, 15) is 79.4 Å². The number of benzene rings is 1. The van der Waals surface area contributed by atoms with Crippen LogP contribution < -0.4 is 0 Å². The molecule has 3 rings (SSSR count). The highest BCUT2D eigenvalue weighted by atomic mass is 19.4. The molecule has 0 amide bonds. The second-order valence-corrected chi connectivity index (χ2v) is 12.1. The van der Waals surface area contributed by atoms with Gasteiger partial charge in [-0.3, -0.25) is 4.79 Å². The Labute approximate surface area is 250 Å². The number of alkyl halides is 17. The van der Waals surface area contributed by atoms with Gasteiger partial charge in [0.05, 0.1) is 0 Å². The van der Waals surface area contributed by atoms with Gasteiger partial charge in [0.1, 0.15) is 0 Å². The van der Waals surface area contributed by atoms with E-state index < -0.39 is 59.0 Å². The molecule has 1 nitrogen and oxygen atoms in total. The SMILES string of the molecule is C[C@H]1CC[C@H]([C@H]2CC[C@H](c3ccc(C(=O)C(F)(F)C(F)(F)C(F)(F)C(F)(F)C(F)(F)C(F)(F)C(F)(F)C(F)(F)F)cc3)CC2)CC1. The molecule has 2 aliphatic carbocycles. The van der Waals surface area contributed by atoms with E-state index in [1.165, 1.54) is 0 Å². The predicted octanol–water partition coefficient (Wildman–Crippen LogP) is 11.0. The molecule has 1 aromatic carbocycles. The minimum atomic E-state index is -8.73. The first-order valence-electron chi connectivity index (χ1n) is 14.0. The lowest BCUT2D eigenvalue weighted by Gasteiger charge is -2.42. The van der Waals surface area contributed by atoms with Gasteiger partial charge in [0.2, 0.25) is 5.78 Å².